The molecule has 0 bridgehead atoms. The lowest BCUT2D eigenvalue weighted by Crippen LogP contribution is -2.49. The molecule has 274 valence electrons. The van der Waals surface area contributed by atoms with Gasteiger partial charge in [-0.25, -0.2) is 0 Å². The molecule has 0 heterocycles. The zero-order chi connectivity index (χ0) is 37.1. The van der Waals surface area contributed by atoms with Gasteiger partial charge in [0.1, 0.15) is 12.9 Å². The van der Waals surface area contributed by atoms with Crippen LogP contribution in [0.5, 0.6) is 0 Å². The molecule has 0 N–H and O–H groups in total. The first-order chi connectivity index (χ1) is 21.1. The Morgan fingerprint density at radius 1 is 0.681 bits per heavy atom. The van der Waals surface area contributed by atoms with E-state index >= 15 is 0 Å². The third-order valence-electron chi connectivity index (χ3n) is 10.2. The van der Waals surface area contributed by atoms with Crippen LogP contribution in [0, 0.1) is 0 Å². The second-order valence-corrected chi connectivity index (χ2v) is 32.2. The Balaban J connectivity index is 6.05. The SMILES string of the molecule is COCO[C@@H](/C=C(C)/C=C/C=C(C)/C=C(C)/C=C/CO[Si](C)(C)C(C)(C)C)[C@H](C[C@H](C)O[Si](C)(C)C(C)(C)C)O[Si](C)(C)C(C)(C)C. The number of hydrogen-bond donors (Lipinski definition) is 0. The summed E-state index contributed by atoms with van der Waals surface area (Å²) < 4.78 is 31.9. The van der Waals surface area contributed by atoms with Crippen LogP contribution in [0.1, 0.15) is 96.4 Å². The molecule has 3 atom stereocenters. The molecule has 8 heteroatoms. The largest absolute Gasteiger partial charge is 0.414 e. The van der Waals surface area contributed by atoms with Gasteiger partial charge in [-0.1, -0.05) is 122 Å². The fraction of sp³-hybridized carbons (Fsp3) is 0.744. The highest BCUT2D eigenvalue weighted by molar-refractivity contribution is 6.75. The van der Waals surface area contributed by atoms with Crippen LogP contribution >= 0.6 is 0 Å². The summed E-state index contributed by atoms with van der Waals surface area (Å²) >= 11 is 0. The molecule has 0 aromatic rings. The van der Waals surface area contributed by atoms with Crippen LogP contribution < -0.4 is 0 Å². The van der Waals surface area contributed by atoms with Crippen LogP contribution in [0.3, 0.4) is 0 Å². The van der Waals surface area contributed by atoms with Crippen LogP contribution in [0.25, 0.3) is 0 Å². The molecule has 47 heavy (non-hydrogen) atoms. The number of ether oxygens (including phenoxy) is 2. The third kappa shape index (κ3) is 17.1. The van der Waals surface area contributed by atoms with E-state index < -0.39 is 25.0 Å². The molecule has 0 amide bonds. The molecule has 0 aromatic heterocycles. The standard InChI is InChI=1S/C39H76O5Si3/c1-31(27-32(2)25-22-26-42-45(15,16)37(5,6)7)23-21-24-33(3)28-35(41-30-40-14)36(44-47(19,20)39(11,12)13)29-34(4)43-46(17,18)38(8,9)10/h21-25,27-28,34-36H,26,29-30H2,1-20H3/b24-21+,25-22+,31-23+,32-27+,33-28+/t34-,35-,36-/m0/s1. The lowest BCUT2D eigenvalue weighted by atomic mass is 10.0. The molecule has 0 aromatic carbocycles. The van der Waals surface area contributed by atoms with Crippen molar-refractivity contribution >= 4 is 25.0 Å². The predicted octanol–water partition coefficient (Wildman–Crippen LogP) is 12.1. The highest BCUT2D eigenvalue weighted by atomic mass is 28.4. The Bertz CT molecular complexity index is 1090. The minimum absolute atomic E-state index is 0.0387. The monoisotopic (exact) mass is 709 g/mol. The normalized spacial score (nSPS) is 17.6. The number of rotatable bonds is 18. The van der Waals surface area contributed by atoms with Crippen LogP contribution in [0.4, 0.5) is 0 Å². The minimum atomic E-state index is -2.11. The van der Waals surface area contributed by atoms with E-state index in [0.29, 0.717) is 6.61 Å². The van der Waals surface area contributed by atoms with Crippen molar-refractivity contribution in [1.29, 1.82) is 0 Å². The highest BCUT2D eigenvalue weighted by Gasteiger charge is 2.43. The number of allylic oxidation sites excluding steroid dienone is 8. The zero-order valence-electron chi connectivity index (χ0n) is 34.4. The van der Waals surface area contributed by atoms with E-state index in [0.717, 1.165) is 12.0 Å². The maximum Gasteiger partial charge on any atom is 0.192 e. The molecule has 0 saturated heterocycles. The highest BCUT2D eigenvalue weighted by Crippen LogP contribution is 2.41. The molecule has 0 rings (SSSR count). The first-order valence-electron chi connectivity index (χ1n) is 17.5. The van der Waals surface area contributed by atoms with Gasteiger partial charge in [0.05, 0.1) is 12.7 Å². The van der Waals surface area contributed by atoms with Crippen molar-refractivity contribution < 1.29 is 22.8 Å². The van der Waals surface area contributed by atoms with Gasteiger partial charge in [0.2, 0.25) is 0 Å². The Hall–Kier alpha value is -0.849. The number of hydrogen-bond acceptors (Lipinski definition) is 5. The summed E-state index contributed by atoms with van der Waals surface area (Å²) in [6.45, 7) is 43.8. The first-order valence-corrected chi connectivity index (χ1v) is 26.3. The second-order valence-electron chi connectivity index (χ2n) is 17.9. The topological polar surface area (TPSA) is 46.2 Å². The Morgan fingerprint density at radius 3 is 1.68 bits per heavy atom. The maximum absolute atomic E-state index is 7.09. The summed E-state index contributed by atoms with van der Waals surface area (Å²) in [5.41, 5.74) is 3.50. The molecule has 0 saturated carbocycles. The molecule has 0 aliphatic carbocycles. The second kappa shape index (κ2) is 18.9. The van der Waals surface area contributed by atoms with E-state index in [1.54, 1.807) is 7.11 Å². The molecule has 0 aliphatic heterocycles. The van der Waals surface area contributed by atoms with Crippen LogP contribution in [-0.2, 0) is 22.8 Å². The van der Waals surface area contributed by atoms with Gasteiger partial charge < -0.3 is 22.8 Å². The van der Waals surface area contributed by atoms with Gasteiger partial charge in [-0.05, 0) is 88.5 Å². The van der Waals surface area contributed by atoms with Gasteiger partial charge >= 0.3 is 0 Å². The van der Waals surface area contributed by atoms with Gasteiger partial charge in [-0.15, -0.1) is 0 Å². The van der Waals surface area contributed by atoms with Gasteiger partial charge in [0.25, 0.3) is 0 Å². The summed E-state index contributed by atoms with van der Waals surface area (Å²) in [4.78, 5) is 0. The summed E-state index contributed by atoms with van der Waals surface area (Å²) in [6.07, 6.45) is 15.4. The molecule has 0 aliphatic rings. The van der Waals surface area contributed by atoms with Crippen molar-refractivity contribution in [2.24, 2.45) is 0 Å². The molecular weight excluding hydrogens is 633 g/mol. The van der Waals surface area contributed by atoms with Crippen molar-refractivity contribution in [3.8, 4) is 0 Å². The average Bonchev–Trinajstić information content (AvgIpc) is 2.86. The van der Waals surface area contributed by atoms with E-state index in [9.17, 15) is 0 Å². The fourth-order valence-corrected chi connectivity index (χ4v) is 7.84. The van der Waals surface area contributed by atoms with Gasteiger partial charge in [0.15, 0.2) is 25.0 Å². The average molecular weight is 709 g/mol. The number of methoxy groups -OCH3 is 1. The maximum atomic E-state index is 7.09. The molecule has 0 unspecified atom stereocenters. The predicted molar refractivity (Wildman–Crippen MR) is 214 cm³/mol. The van der Waals surface area contributed by atoms with Crippen molar-refractivity contribution in [2.75, 3.05) is 20.5 Å². The Kier molecular flexibility index (Phi) is 18.6. The Labute approximate surface area is 295 Å². The molecule has 0 radical (unpaired) electrons. The first kappa shape index (κ1) is 46.2. The van der Waals surface area contributed by atoms with Crippen LogP contribution in [0.2, 0.25) is 54.4 Å². The third-order valence-corrected chi connectivity index (χ3v) is 23.8. The molecule has 0 fully saturated rings. The van der Waals surface area contributed by atoms with Gasteiger partial charge in [-0.3, -0.25) is 0 Å². The smallest absolute Gasteiger partial charge is 0.192 e. The van der Waals surface area contributed by atoms with E-state index in [1.165, 1.54) is 11.1 Å². The van der Waals surface area contributed by atoms with Gasteiger partial charge in [0, 0.05) is 13.2 Å². The van der Waals surface area contributed by atoms with Gasteiger partial charge in [-0.2, -0.15) is 0 Å². The lowest BCUT2D eigenvalue weighted by molar-refractivity contribution is -0.0959. The quantitative estimate of drug-likeness (QED) is 0.0806. The summed E-state index contributed by atoms with van der Waals surface area (Å²) in [5, 5.41) is 0.426. The van der Waals surface area contributed by atoms with Crippen molar-refractivity contribution in [3.05, 3.63) is 59.3 Å². The minimum Gasteiger partial charge on any atom is -0.414 e. The van der Waals surface area contributed by atoms with E-state index in [1.807, 2.05) is 0 Å². The van der Waals surface area contributed by atoms with E-state index in [2.05, 4.69) is 172 Å². The zero-order valence-corrected chi connectivity index (χ0v) is 37.4. The molecule has 5 nitrogen and oxygen atoms in total. The summed E-state index contributed by atoms with van der Waals surface area (Å²) in [7, 11) is -4.12. The van der Waals surface area contributed by atoms with E-state index in [4.69, 9.17) is 22.8 Å². The van der Waals surface area contributed by atoms with Crippen molar-refractivity contribution in [2.45, 2.75) is 169 Å². The lowest BCUT2D eigenvalue weighted by Gasteiger charge is -2.43. The Morgan fingerprint density at radius 2 is 1.19 bits per heavy atom. The molecular formula is C39H76O5Si3. The molecule has 0 spiro atoms. The summed E-state index contributed by atoms with van der Waals surface area (Å²) in [5.74, 6) is 0. The summed E-state index contributed by atoms with van der Waals surface area (Å²) in [6, 6.07) is 0. The fourth-order valence-electron chi connectivity index (χ4n) is 4.10. The van der Waals surface area contributed by atoms with Crippen LogP contribution in [0.15, 0.2) is 59.3 Å². The van der Waals surface area contributed by atoms with Crippen LogP contribution in [-0.4, -0.2) is 63.8 Å². The van der Waals surface area contributed by atoms with E-state index in [-0.39, 0.29) is 40.2 Å². The van der Waals surface area contributed by atoms with Crippen molar-refractivity contribution in [1.82, 2.24) is 0 Å². The van der Waals surface area contributed by atoms with Crippen molar-refractivity contribution in [3.63, 3.8) is 0 Å².